The Hall–Kier alpha value is -1.12. The Morgan fingerprint density at radius 3 is 3.27 bits per heavy atom. The van der Waals surface area contributed by atoms with Crippen molar-refractivity contribution in [3.8, 4) is 11.8 Å². The number of fused-ring (bicyclic) bond motifs is 1. The molecule has 0 saturated carbocycles. The molecule has 2 rings (SSSR count). The van der Waals surface area contributed by atoms with Gasteiger partial charge in [-0.15, -0.1) is 13.8 Å². The van der Waals surface area contributed by atoms with Gasteiger partial charge in [-0.25, -0.2) is 0 Å². The zero-order chi connectivity index (χ0) is 10.7. The first-order valence-corrected chi connectivity index (χ1v) is 7.62. The summed E-state index contributed by atoms with van der Waals surface area (Å²) in [6, 6.07) is 0.345. The Balaban J connectivity index is 2.16. The molecule has 1 aliphatic carbocycles. The number of nitrogens with one attached hydrogen (secondary N) is 1. The average molecular weight is 217 g/mol. The molecule has 3 atom stereocenters. The second kappa shape index (κ2) is 4.60. The van der Waals surface area contributed by atoms with Crippen molar-refractivity contribution in [2.75, 3.05) is 12.8 Å². The summed E-state index contributed by atoms with van der Waals surface area (Å²) in [7, 11) is -0.431. The zero-order valence-corrected chi connectivity index (χ0v) is 9.96. The zero-order valence-electron chi connectivity index (χ0n) is 8.96. The topological polar surface area (TPSA) is 12.0 Å². The van der Waals surface area contributed by atoms with Gasteiger partial charge in [-0.1, -0.05) is 30.1 Å². The van der Waals surface area contributed by atoms with Crippen LogP contribution in [0.15, 0.2) is 36.1 Å². The van der Waals surface area contributed by atoms with Crippen molar-refractivity contribution in [2.24, 2.45) is 5.92 Å². The van der Waals surface area contributed by atoms with Crippen molar-refractivity contribution in [3.63, 3.8) is 0 Å². The minimum atomic E-state index is -0.431. The molecule has 1 nitrogen and oxygen atoms in total. The fraction of sp³-hybridized carbons (Fsp3) is 0.308. The van der Waals surface area contributed by atoms with E-state index in [0.717, 1.165) is 6.16 Å². The van der Waals surface area contributed by atoms with E-state index in [-0.39, 0.29) is 0 Å². The highest BCUT2D eigenvalue weighted by atomic mass is 31.1. The Bertz CT molecular complexity index is 418. The maximum absolute atomic E-state index is 4.12. The van der Waals surface area contributed by atoms with Gasteiger partial charge in [0, 0.05) is 12.3 Å². The molecule has 0 amide bonds. The largest absolute Gasteiger partial charge is 0.383 e. The molecule has 0 radical (unpaired) electrons. The summed E-state index contributed by atoms with van der Waals surface area (Å²) >= 11 is 0. The van der Waals surface area contributed by atoms with Gasteiger partial charge in [0.2, 0.25) is 0 Å². The molecule has 2 aliphatic rings. The smallest absolute Gasteiger partial charge is 0.0627 e. The number of rotatable bonds is 2. The maximum atomic E-state index is 4.12. The molecule has 0 aromatic rings. The summed E-state index contributed by atoms with van der Waals surface area (Å²) in [5.74, 6) is 6.56. The Morgan fingerprint density at radius 1 is 1.60 bits per heavy atom. The van der Waals surface area contributed by atoms with E-state index in [1.165, 1.54) is 5.57 Å². The van der Waals surface area contributed by atoms with Crippen LogP contribution in [0.3, 0.4) is 0 Å². The van der Waals surface area contributed by atoms with Crippen LogP contribution in [-0.4, -0.2) is 25.2 Å². The standard InChI is InChI=1S/C13H16NP/c1-15(2)10-11-6-7-12-5-3-4-8-14-13(12)9-11/h4,6-9,12-15H,1,10H2,2H3. The number of allylic oxidation sites excluding steroid dienone is 3. The minimum absolute atomic E-state index is 0.320. The lowest BCUT2D eigenvalue weighted by Gasteiger charge is -2.22. The Labute approximate surface area is 92.3 Å². The van der Waals surface area contributed by atoms with E-state index in [9.17, 15) is 0 Å². The molecular weight excluding hydrogens is 201 g/mol. The first-order valence-electron chi connectivity index (χ1n) is 5.21. The lowest BCUT2D eigenvalue weighted by Crippen LogP contribution is -2.30. The van der Waals surface area contributed by atoms with Gasteiger partial charge in [0.25, 0.3) is 0 Å². The quantitative estimate of drug-likeness (QED) is 0.550. The molecular formula is C13H16NP. The van der Waals surface area contributed by atoms with Crippen LogP contribution in [0.2, 0.25) is 0 Å². The Morgan fingerprint density at radius 2 is 2.47 bits per heavy atom. The van der Waals surface area contributed by atoms with Gasteiger partial charge < -0.3 is 5.32 Å². The molecule has 0 aromatic carbocycles. The molecule has 0 saturated heterocycles. The molecule has 78 valence electrons. The van der Waals surface area contributed by atoms with Gasteiger partial charge >= 0.3 is 0 Å². The summed E-state index contributed by atoms with van der Waals surface area (Å²) in [6.45, 7) is 2.24. The molecule has 2 heteroatoms. The van der Waals surface area contributed by atoms with Crippen LogP contribution in [0.25, 0.3) is 0 Å². The summed E-state index contributed by atoms with van der Waals surface area (Å²) in [6.07, 6.45) is 15.8. The van der Waals surface area contributed by atoms with Gasteiger partial charge in [-0.05, 0) is 18.4 Å². The maximum Gasteiger partial charge on any atom is 0.0627 e. The van der Waals surface area contributed by atoms with Crippen molar-refractivity contribution in [1.29, 1.82) is 0 Å². The molecule has 1 aliphatic heterocycles. The second-order valence-electron chi connectivity index (χ2n) is 4.07. The highest BCUT2D eigenvalue weighted by molar-refractivity contribution is 7.55. The highest BCUT2D eigenvalue weighted by Gasteiger charge is 2.18. The van der Waals surface area contributed by atoms with Crippen LogP contribution < -0.4 is 5.32 Å². The van der Waals surface area contributed by atoms with Crippen molar-refractivity contribution in [2.45, 2.75) is 6.04 Å². The third-order valence-corrected chi connectivity index (χ3v) is 3.52. The third kappa shape index (κ3) is 2.67. The third-order valence-electron chi connectivity index (χ3n) is 2.51. The first-order chi connectivity index (χ1) is 7.25. The van der Waals surface area contributed by atoms with Crippen molar-refractivity contribution in [1.82, 2.24) is 5.32 Å². The molecule has 1 heterocycles. The van der Waals surface area contributed by atoms with Gasteiger partial charge in [0.1, 0.15) is 0 Å². The second-order valence-corrected chi connectivity index (χ2v) is 6.34. The monoisotopic (exact) mass is 217 g/mol. The average Bonchev–Trinajstić information content (AvgIpc) is 2.41. The van der Waals surface area contributed by atoms with E-state index in [1.54, 1.807) is 0 Å². The van der Waals surface area contributed by atoms with Crippen LogP contribution >= 0.6 is 7.55 Å². The predicted octanol–water partition coefficient (Wildman–Crippen LogP) is 1.86. The summed E-state index contributed by atoms with van der Waals surface area (Å²) in [4.78, 5) is 0. The van der Waals surface area contributed by atoms with E-state index in [1.807, 2.05) is 12.3 Å². The van der Waals surface area contributed by atoms with Crippen LogP contribution in [0.5, 0.6) is 0 Å². The Kier molecular flexibility index (Phi) is 3.19. The number of hydrogen-bond acceptors (Lipinski definition) is 1. The predicted molar refractivity (Wildman–Crippen MR) is 70.8 cm³/mol. The lowest BCUT2D eigenvalue weighted by molar-refractivity contribution is 0.616. The molecule has 1 N–H and O–H groups in total. The number of hydrogen-bond donors (Lipinski definition) is 1. The van der Waals surface area contributed by atoms with E-state index in [0.29, 0.717) is 12.0 Å². The van der Waals surface area contributed by atoms with Crippen LogP contribution in [-0.2, 0) is 0 Å². The lowest BCUT2D eigenvalue weighted by atomic mass is 9.93. The van der Waals surface area contributed by atoms with Crippen LogP contribution in [0, 0.1) is 17.8 Å². The van der Waals surface area contributed by atoms with E-state index in [2.05, 4.69) is 48.3 Å². The normalized spacial score (nSPS) is 29.0. The highest BCUT2D eigenvalue weighted by Crippen LogP contribution is 2.24. The van der Waals surface area contributed by atoms with Gasteiger partial charge in [0.15, 0.2) is 0 Å². The van der Waals surface area contributed by atoms with E-state index >= 15 is 0 Å². The summed E-state index contributed by atoms with van der Waals surface area (Å²) in [5, 5.41) is 3.34. The van der Waals surface area contributed by atoms with Gasteiger partial charge in [-0.2, -0.15) is 0 Å². The molecule has 0 spiro atoms. The van der Waals surface area contributed by atoms with E-state index < -0.39 is 7.55 Å². The fourth-order valence-corrected chi connectivity index (χ4v) is 2.77. The fourth-order valence-electron chi connectivity index (χ4n) is 1.84. The van der Waals surface area contributed by atoms with Gasteiger partial charge in [-0.3, -0.25) is 0 Å². The molecule has 3 unspecified atom stereocenters. The van der Waals surface area contributed by atoms with E-state index in [4.69, 9.17) is 0 Å². The molecule has 0 fully saturated rings. The van der Waals surface area contributed by atoms with Crippen molar-refractivity contribution in [3.05, 3.63) is 36.1 Å². The molecule has 0 aromatic heterocycles. The SMILES string of the molecule is C=[PH](C)CC1=CC2NC=CC#CC2C=C1. The molecule has 15 heavy (non-hydrogen) atoms. The van der Waals surface area contributed by atoms with Crippen LogP contribution in [0.1, 0.15) is 0 Å². The first kappa shape index (κ1) is 10.4. The van der Waals surface area contributed by atoms with Crippen molar-refractivity contribution >= 4 is 13.8 Å². The molecule has 0 bridgehead atoms. The van der Waals surface area contributed by atoms with Crippen LogP contribution in [0.4, 0.5) is 0 Å². The van der Waals surface area contributed by atoms with Crippen molar-refractivity contribution < 1.29 is 0 Å². The minimum Gasteiger partial charge on any atom is -0.383 e. The summed E-state index contributed by atoms with van der Waals surface area (Å²) < 4.78 is 0. The van der Waals surface area contributed by atoms with Gasteiger partial charge in [0.05, 0.1) is 12.0 Å². The summed E-state index contributed by atoms with van der Waals surface area (Å²) in [5.41, 5.74) is 1.41.